The van der Waals surface area contributed by atoms with Gasteiger partial charge < -0.3 is 14.6 Å². The van der Waals surface area contributed by atoms with Crippen LogP contribution in [0.5, 0.6) is 0 Å². The zero-order valence-corrected chi connectivity index (χ0v) is 22.8. The standard InChI is InChI=1S/C30H48O3S/c1-17-16-34-26(18(17)2)25(31)19(3)22-6-7-23-21-15-30(32-12-13-33-30)29-14-20(29)8-11-28(29,5)24(21)9-10-27(22,23)4/h17-26,31H,6-16H2,1-5H3/t17?,18-,19-,20+,21-,22+,23-,24-,25?,26?,27+,28+,29+/m0/s1/i16D2. The Bertz CT molecular complexity index is 924. The normalized spacial score (nSPS) is 61.1. The van der Waals surface area contributed by atoms with Crippen molar-refractivity contribution in [3.8, 4) is 0 Å². The third kappa shape index (κ3) is 2.63. The van der Waals surface area contributed by atoms with Gasteiger partial charge in [0.25, 0.3) is 0 Å². The summed E-state index contributed by atoms with van der Waals surface area (Å²) in [6.45, 7) is 13.2. The molecule has 7 aliphatic rings. The highest BCUT2D eigenvalue weighted by Crippen LogP contribution is 2.85. The molecule has 4 heteroatoms. The van der Waals surface area contributed by atoms with Gasteiger partial charge in [-0.05, 0) is 109 Å². The zero-order valence-electron chi connectivity index (χ0n) is 24.0. The van der Waals surface area contributed by atoms with Crippen molar-refractivity contribution in [2.45, 2.75) is 103 Å². The third-order valence-corrected chi connectivity index (χ3v) is 15.1. The van der Waals surface area contributed by atoms with E-state index in [9.17, 15) is 5.11 Å². The zero-order chi connectivity index (χ0) is 25.5. The summed E-state index contributed by atoms with van der Waals surface area (Å²) < 4.78 is 30.2. The number of aliphatic hydroxyl groups excluding tert-OH is 1. The number of thioether (sulfide) groups is 1. The number of aliphatic hydroxyl groups is 1. The van der Waals surface area contributed by atoms with Gasteiger partial charge in [-0.1, -0.05) is 34.6 Å². The molecular weight excluding hydrogens is 440 g/mol. The van der Waals surface area contributed by atoms with Gasteiger partial charge in [0.2, 0.25) is 0 Å². The Hall–Kier alpha value is 0.230. The van der Waals surface area contributed by atoms with E-state index >= 15 is 0 Å². The molecule has 2 saturated heterocycles. The van der Waals surface area contributed by atoms with Crippen molar-refractivity contribution < 1.29 is 17.3 Å². The van der Waals surface area contributed by atoms with Gasteiger partial charge in [-0.3, -0.25) is 0 Å². The Morgan fingerprint density at radius 2 is 1.76 bits per heavy atom. The molecule has 0 aromatic carbocycles. The van der Waals surface area contributed by atoms with E-state index in [-0.39, 0.29) is 39.6 Å². The fourth-order valence-corrected chi connectivity index (χ4v) is 13.1. The van der Waals surface area contributed by atoms with Crippen molar-refractivity contribution in [3.05, 3.63) is 0 Å². The van der Waals surface area contributed by atoms with E-state index in [1.807, 2.05) is 6.92 Å². The van der Waals surface area contributed by atoms with Crippen LogP contribution in [0.3, 0.4) is 0 Å². The predicted molar refractivity (Wildman–Crippen MR) is 137 cm³/mol. The summed E-state index contributed by atoms with van der Waals surface area (Å²) in [6.07, 6.45) is 9.79. The summed E-state index contributed by atoms with van der Waals surface area (Å²) in [5.41, 5.74) is -0.359. The Morgan fingerprint density at radius 3 is 2.44 bits per heavy atom. The highest BCUT2D eigenvalue weighted by Gasteiger charge is 2.83. The van der Waals surface area contributed by atoms with Gasteiger partial charge in [-0.15, -0.1) is 0 Å². The van der Waals surface area contributed by atoms with E-state index in [0.717, 1.165) is 31.5 Å². The molecule has 3 nitrogen and oxygen atoms in total. The number of rotatable bonds is 3. The molecule has 0 amide bonds. The molecule has 0 bridgehead atoms. The minimum absolute atomic E-state index is 0.00807. The average molecular weight is 491 g/mol. The van der Waals surface area contributed by atoms with Crippen LogP contribution < -0.4 is 0 Å². The molecule has 2 spiro atoms. The highest BCUT2D eigenvalue weighted by atomic mass is 32.2. The lowest BCUT2D eigenvalue weighted by atomic mass is 9.44. The SMILES string of the molecule is [2H]C1([2H])SC(C(O)[C@@H](C)[C@H]2CC[C@H]3[C@@H]4CC5(OCCO5)[C@]56C[C@H]5CC[C@]6(C)[C@H]4CC[C@]23C)[C@@H](C)C1C. The first-order valence-electron chi connectivity index (χ1n) is 15.6. The second-order valence-corrected chi connectivity index (χ2v) is 15.3. The molecule has 0 radical (unpaired) electrons. The first-order chi connectivity index (χ1) is 16.9. The van der Waals surface area contributed by atoms with Gasteiger partial charge in [0, 0.05) is 19.8 Å². The third-order valence-electron chi connectivity index (χ3n) is 13.6. The van der Waals surface area contributed by atoms with E-state index < -0.39 is 11.8 Å². The van der Waals surface area contributed by atoms with Crippen LogP contribution in [0.2, 0.25) is 0 Å². The van der Waals surface area contributed by atoms with Crippen LogP contribution in [0.15, 0.2) is 0 Å². The second kappa shape index (κ2) is 7.41. The molecule has 0 aromatic rings. The van der Waals surface area contributed by atoms with Crippen molar-refractivity contribution in [1.29, 1.82) is 0 Å². The van der Waals surface area contributed by atoms with Crippen LogP contribution in [-0.2, 0) is 9.47 Å². The Morgan fingerprint density at radius 1 is 1.00 bits per heavy atom. The number of hydrogen-bond donors (Lipinski definition) is 1. The van der Waals surface area contributed by atoms with Crippen LogP contribution in [0.4, 0.5) is 0 Å². The van der Waals surface area contributed by atoms with Crippen LogP contribution in [0, 0.1) is 63.6 Å². The maximum atomic E-state index is 11.7. The van der Waals surface area contributed by atoms with Gasteiger partial charge in [-0.25, -0.2) is 0 Å². The van der Waals surface area contributed by atoms with E-state index in [2.05, 4.69) is 27.7 Å². The monoisotopic (exact) mass is 490 g/mol. The molecule has 1 N–H and O–H groups in total. The van der Waals surface area contributed by atoms with Crippen molar-refractivity contribution in [3.63, 3.8) is 0 Å². The summed E-state index contributed by atoms with van der Waals surface area (Å²) >= 11 is 1.40. The van der Waals surface area contributed by atoms with Crippen LogP contribution in [-0.4, -0.2) is 41.2 Å². The molecule has 192 valence electrons. The summed E-state index contributed by atoms with van der Waals surface area (Å²) in [5, 5.41) is 11.7. The second-order valence-electron chi connectivity index (χ2n) is 14.3. The topological polar surface area (TPSA) is 38.7 Å². The molecule has 3 unspecified atom stereocenters. The Kier molecular flexibility index (Phi) is 4.62. The fraction of sp³-hybridized carbons (Fsp3) is 1.00. The van der Waals surface area contributed by atoms with E-state index in [0.29, 0.717) is 23.2 Å². The summed E-state index contributed by atoms with van der Waals surface area (Å²) in [5.74, 6) is 3.52. The van der Waals surface area contributed by atoms with Crippen molar-refractivity contribution in [2.24, 2.45) is 63.6 Å². The molecule has 0 aromatic heterocycles. The molecule has 2 aliphatic heterocycles. The lowest BCUT2D eigenvalue weighted by Gasteiger charge is -2.63. The molecule has 2 heterocycles. The van der Waals surface area contributed by atoms with Crippen molar-refractivity contribution in [2.75, 3.05) is 18.9 Å². The quantitative estimate of drug-likeness (QED) is 0.498. The van der Waals surface area contributed by atoms with E-state index in [1.54, 1.807) is 0 Å². The first-order valence-corrected chi connectivity index (χ1v) is 15.4. The first kappa shape index (κ1) is 21.2. The number of hydrogen-bond acceptors (Lipinski definition) is 4. The maximum absolute atomic E-state index is 11.7. The van der Waals surface area contributed by atoms with Gasteiger partial charge >= 0.3 is 0 Å². The number of fused-ring (bicyclic) bond motifs is 4. The minimum Gasteiger partial charge on any atom is -0.392 e. The molecular formula is C30H48O3S. The molecule has 7 fully saturated rings. The summed E-state index contributed by atoms with van der Waals surface area (Å²) in [4.78, 5) is 0. The van der Waals surface area contributed by atoms with Crippen molar-refractivity contribution >= 4 is 11.8 Å². The molecule has 7 rings (SSSR count). The number of ether oxygens (including phenoxy) is 2. The van der Waals surface area contributed by atoms with Crippen LogP contribution in [0.1, 0.15) is 88.7 Å². The Labute approximate surface area is 214 Å². The van der Waals surface area contributed by atoms with E-state index in [4.69, 9.17) is 12.2 Å². The smallest absolute Gasteiger partial charge is 0.175 e. The molecule has 5 aliphatic carbocycles. The minimum atomic E-state index is -1.24. The van der Waals surface area contributed by atoms with Crippen molar-refractivity contribution in [1.82, 2.24) is 0 Å². The average Bonchev–Trinajstić information content (AvgIpc) is 3.07. The lowest BCUT2D eigenvalue weighted by Crippen LogP contribution is -2.62. The Balaban J connectivity index is 1.16. The molecule has 5 saturated carbocycles. The summed E-state index contributed by atoms with van der Waals surface area (Å²) in [6, 6.07) is 0. The molecule has 34 heavy (non-hydrogen) atoms. The van der Waals surface area contributed by atoms with E-state index in [1.165, 1.54) is 56.7 Å². The van der Waals surface area contributed by atoms with Gasteiger partial charge in [0.15, 0.2) is 5.79 Å². The van der Waals surface area contributed by atoms with Gasteiger partial charge in [-0.2, -0.15) is 11.8 Å². The predicted octanol–water partition coefficient (Wildman–Crippen LogP) is 6.38. The molecule has 13 atom stereocenters. The highest BCUT2D eigenvalue weighted by molar-refractivity contribution is 8.00. The van der Waals surface area contributed by atoms with Crippen LogP contribution in [0.25, 0.3) is 0 Å². The summed E-state index contributed by atoms with van der Waals surface area (Å²) in [7, 11) is 0. The lowest BCUT2D eigenvalue weighted by molar-refractivity contribution is -0.294. The fourth-order valence-electron chi connectivity index (χ4n) is 11.7. The van der Waals surface area contributed by atoms with Gasteiger partial charge in [0.05, 0.1) is 19.3 Å². The largest absolute Gasteiger partial charge is 0.392 e. The van der Waals surface area contributed by atoms with Gasteiger partial charge in [0.1, 0.15) is 0 Å². The van der Waals surface area contributed by atoms with Crippen LogP contribution >= 0.6 is 11.8 Å². The maximum Gasteiger partial charge on any atom is 0.175 e.